The topological polar surface area (TPSA) is 38.9 Å². The SMILES string of the molecule is N/C=C/c1nc2ccccc2s1. The molecule has 12 heavy (non-hydrogen) atoms. The predicted octanol–water partition coefficient (Wildman–Crippen LogP) is 2.23. The fraction of sp³-hybridized carbons (Fsp3) is 0. The van der Waals surface area contributed by atoms with Gasteiger partial charge >= 0.3 is 0 Å². The van der Waals surface area contributed by atoms with Crippen molar-refractivity contribution in [1.29, 1.82) is 0 Å². The summed E-state index contributed by atoms with van der Waals surface area (Å²) in [5, 5.41) is 0.957. The van der Waals surface area contributed by atoms with Gasteiger partial charge in [0.25, 0.3) is 0 Å². The van der Waals surface area contributed by atoms with Crippen LogP contribution in [-0.4, -0.2) is 4.98 Å². The van der Waals surface area contributed by atoms with Crippen LogP contribution in [0.3, 0.4) is 0 Å². The molecule has 1 aromatic carbocycles. The van der Waals surface area contributed by atoms with Crippen molar-refractivity contribution in [1.82, 2.24) is 4.98 Å². The second kappa shape index (κ2) is 2.95. The maximum absolute atomic E-state index is 5.27. The summed E-state index contributed by atoms with van der Waals surface area (Å²) >= 11 is 1.64. The molecule has 60 valence electrons. The summed E-state index contributed by atoms with van der Waals surface area (Å²) < 4.78 is 1.20. The zero-order valence-electron chi connectivity index (χ0n) is 6.40. The Morgan fingerprint density at radius 3 is 2.92 bits per heavy atom. The van der Waals surface area contributed by atoms with Crippen LogP contribution in [-0.2, 0) is 0 Å². The Bertz CT molecular complexity index is 384. The molecule has 1 heterocycles. The summed E-state index contributed by atoms with van der Waals surface area (Å²) in [6.45, 7) is 0. The van der Waals surface area contributed by atoms with Gasteiger partial charge in [-0.3, -0.25) is 0 Å². The summed E-state index contributed by atoms with van der Waals surface area (Å²) in [5.41, 5.74) is 6.31. The molecule has 3 heteroatoms. The Morgan fingerprint density at radius 2 is 2.17 bits per heavy atom. The third-order valence-corrected chi connectivity index (χ3v) is 2.55. The molecule has 1 aromatic heterocycles. The summed E-state index contributed by atoms with van der Waals surface area (Å²) in [7, 11) is 0. The second-order valence-electron chi connectivity index (χ2n) is 2.38. The molecule has 0 saturated carbocycles. The van der Waals surface area contributed by atoms with E-state index in [9.17, 15) is 0 Å². The summed E-state index contributed by atoms with van der Waals surface area (Å²) in [4.78, 5) is 4.35. The Labute approximate surface area is 74.4 Å². The minimum Gasteiger partial charge on any atom is -0.405 e. The van der Waals surface area contributed by atoms with E-state index in [-0.39, 0.29) is 0 Å². The molecule has 0 unspecified atom stereocenters. The Hall–Kier alpha value is -1.35. The highest BCUT2D eigenvalue weighted by molar-refractivity contribution is 7.19. The highest BCUT2D eigenvalue weighted by atomic mass is 32.1. The Morgan fingerprint density at radius 1 is 1.33 bits per heavy atom. The first-order valence-electron chi connectivity index (χ1n) is 3.64. The van der Waals surface area contributed by atoms with Crippen LogP contribution >= 0.6 is 11.3 Å². The van der Waals surface area contributed by atoms with Gasteiger partial charge in [-0.25, -0.2) is 4.98 Å². The molecule has 0 amide bonds. The maximum atomic E-state index is 5.27. The number of nitrogens with zero attached hydrogens (tertiary/aromatic N) is 1. The van der Waals surface area contributed by atoms with Crippen molar-refractivity contribution in [2.45, 2.75) is 0 Å². The van der Waals surface area contributed by atoms with E-state index >= 15 is 0 Å². The number of hydrogen-bond acceptors (Lipinski definition) is 3. The lowest BCUT2D eigenvalue weighted by atomic mass is 10.3. The first-order chi connectivity index (χ1) is 5.90. The standard InChI is InChI=1S/C9H8N2S/c10-6-5-9-11-7-3-1-2-4-8(7)12-9/h1-6H,10H2/b6-5+. The van der Waals surface area contributed by atoms with E-state index in [1.54, 1.807) is 11.3 Å². The van der Waals surface area contributed by atoms with Crippen molar-refractivity contribution in [3.8, 4) is 0 Å². The van der Waals surface area contributed by atoms with E-state index in [0.29, 0.717) is 0 Å². The highest BCUT2D eigenvalue weighted by Crippen LogP contribution is 2.21. The monoisotopic (exact) mass is 176 g/mol. The van der Waals surface area contributed by atoms with Gasteiger partial charge in [-0.2, -0.15) is 0 Å². The Balaban J connectivity index is 2.62. The highest BCUT2D eigenvalue weighted by Gasteiger charge is 1.97. The normalized spacial score (nSPS) is 11.3. The molecule has 2 N–H and O–H groups in total. The lowest BCUT2D eigenvalue weighted by Gasteiger charge is -1.80. The van der Waals surface area contributed by atoms with Gasteiger partial charge in [-0.05, 0) is 24.4 Å². The van der Waals surface area contributed by atoms with Gasteiger partial charge in [0.05, 0.1) is 10.2 Å². The number of hydrogen-bond donors (Lipinski definition) is 1. The minimum absolute atomic E-state index is 0.957. The van der Waals surface area contributed by atoms with Crippen molar-refractivity contribution < 1.29 is 0 Å². The van der Waals surface area contributed by atoms with E-state index in [4.69, 9.17) is 5.73 Å². The molecular weight excluding hydrogens is 168 g/mol. The van der Waals surface area contributed by atoms with Crippen molar-refractivity contribution in [3.05, 3.63) is 35.5 Å². The average molecular weight is 176 g/mol. The number of rotatable bonds is 1. The molecule has 0 atom stereocenters. The molecule has 2 rings (SSSR count). The van der Waals surface area contributed by atoms with Crippen LogP contribution < -0.4 is 5.73 Å². The van der Waals surface area contributed by atoms with Gasteiger partial charge in [0.2, 0.25) is 0 Å². The first kappa shape index (κ1) is 7.31. The van der Waals surface area contributed by atoms with E-state index in [0.717, 1.165) is 10.5 Å². The lowest BCUT2D eigenvalue weighted by Crippen LogP contribution is -1.75. The van der Waals surface area contributed by atoms with Gasteiger partial charge in [0.1, 0.15) is 5.01 Å². The number of aromatic nitrogens is 1. The van der Waals surface area contributed by atoms with E-state index in [2.05, 4.69) is 11.1 Å². The largest absolute Gasteiger partial charge is 0.405 e. The molecule has 0 bridgehead atoms. The molecule has 0 radical (unpaired) electrons. The fourth-order valence-corrected chi connectivity index (χ4v) is 1.92. The van der Waals surface area contributed by atoms with Crippen LogP contribution in [0, 0.1) is 0 Å². The number of para-hydroxylation sites is 1. The molecule has 0 fully saturated rings. The van der Waals surface area contributed by atoms with Crippen LogP contribution in [0.5, 0.6) is 0 Å². The third kappa shape index (κ3) is 1.19. The van der Waals surface area contributed by atoms with Crippen LogP contribution in [0.1, 0.15) is 5.01 Å². The smallest absolute Gasteiger partial charge is 0.118 e. The second-order valence-corrected chi connectivity index (χ2v) is 3.44. The first-order valence-corrected chi connectivity index (χ1v) is 4.45. The molecular formula is C9H8N2S. The van der Waals surface area contributed by atoms with Crippen molar-refractivity contribution in [2.24, 2.45) is 5.73 Å². The molecule has 2 nitrogen and oxygen atoms in total. The number of fused-ring (bicyclic) bond motifs is 1. The fourth-order valence-electron chi connectivity index (χ4n) is 1.04. The van der Waals surface area contributed by atoms with Crippen LogP contribution in [0.4, 0.5) is 0 Å². The average Bonchev–Trinajstić information content (AvgIpc) is 2.47. The molecule has 0 saturated heterocycles. The van der Waals surface area contributed by atoms with Gasteiger partial charge < -0.3 is 5.73 Å². The van der Waals surface area contributed by atoms with Gasteiger partial charge in [-0.15, -0.1) is 11.3 Å². The third-order valence-electron chi connectivity index (χ3n) is 1.55. The Kier molecular flexibility index (Phi) is 1.80. The zero-order chi connectivity index (χ0) is 8.39. The number of thiazole rings is 1. The van der Waals surface area contributed by atoms with Crippen LogP contribution in [0.2, 0.25) is 0 Å². The number of benzene rings is 1. The molecule has 0 aliphatic carbocycles. The maximum Gasteiger partial charge on any atom is 0.118 e. The van der Waals surface area contributed by atoms with Crippen molar-refractivity contribution in [3.63, 3.8) is 0 Å². The van der Waals surface area contributed by atoms with E-state index in [1.165, 1.54) is 10.9 Å². The van der Waals surface area contributed by atoms with E-state index in [1.807, 2.05) is 24.3 Å². The zero-order valence-corrected chi connectivity index (χ0v) is 7.21. The summed E-state index contributed by atoms with van der Waals surface area (Å²) in [6.07, 6.45) is 3.32. The molecule has 0 aliphatic heterocycles. The van der Waals surface area contributed by atoms with Crippen LogP contribution in [0.25, 0.3) is 16.3 Å². The van der Waals surface area contributed by atoms with Crippen molar-refractivity contribution in [2.75, 3.05) is 0 Å². The number of nitrogens with two attached hydrogens (primary N) is 1. The van der Waals surface area contributed by atoms with Crippen LogP contribution in [0.15, 0.2) is 30.5 Å². The molecule has 0 spiro atoms. The van der Waals surface area contributed by atoms with Gasteiger partial charge in [-0.1, -0.05) is 12.1 Å². The quantitative estimate of drug-likeness (QED) is 0.723. The minimum atomic E-state index is 0.957. The predicted molar refractivity (Wildman–Crippen MR) is 52.8 cm³/mol. The molecule has 0 aliphatic rings. The summed E-state index contributed by atoms with van der Waals surface area (Å²) in [5.74, 6) is 0. The lowest BCUT2D eigenvalue weighted by molar-refractivity contribution is 1.45. The van der Waals surface area contributed by atoms with E-state index < -0.39 is 0 Å². The van der Waals surface area contributed by atoms with Crippen molar-refractivity contribution >= 4 is 27.6 Å². The van der Waals surface area contributed by atoms with Gasteiger partial charge in [0.15, 0.2) is 0 Å². The summed E-state index contributed by atoms with van der Waals surface area (Å²) in [6, 6.07) is 8.05. The van der Waals surface area contributed by atoms with Gasteiger partial charge in [0, 0.05) is 0 Å². The molecule has 2 aromatic rings.